The first-order valence-electron chi connectivity index (χ1n) is 10.5. The second-order valence-electron chi connectivity index (χ2n) is 8.50. The molecule has 2 aromatic rings. The molecule has 2 heterocycles. The average molecular weight is 431 g/mol. The molecule has 1 amide bonds. The number of hydrogen-bond acceptors (Lipinski definition) is 3. The molecule has 2 unspecified atom stereocenters. The summed E-state index contributed by atoms with van der Waals surface area (Å²) in [5.41, 5.74) is 4.23. The lowest BCUT2D eigenvalue weighted by Gasteiger charge is -2.39. The smallest absolute Gasteiger partial charge is 0.251 e. The number of piperidine rings is 1. The van der Waals surface area contributed by atoms with Gasteiger partial charge in [0.1, 0.15) is 11.6 Å². The van der Waals surface area contributed by atoms with E-state index in [0.717, 1.165) is 38.0 Å². The standard InChI is InChI=1S/C24H28ClFN2O2/c1-14-15(2)23(30-3)9-5-17(14)13-28-19-6-7-20(28)12-18(11-19)27-24(29)16-4-8-22(26)21(25)10-16/h4-5,8-10,18-20H,6-7,11-13H2,1-3H3,(H,27,29). The number of fused-ring (bicyclic) bond motifs is 2. The molecule has 2 aliphatic rings. The highest BCUT2D eigenvalue weighted by molar-refractivity contribution is 6.31. The predicted molar refractivity (Wildman–Crippen MR) is 117 cm³/mol. The van der Waals surface area contributed by atoms with Crippen LogP contribution in [0.5, 0.6) is 5.75 Å². The lowest BCUT2D eigenvalue weighted by Crippen LogP contribution is -2.50. The van der Waals surface area contributed by atoms with Gasteiger partial charge < -0.3 is 10.1 Å². The molecular weight excluding hydrogens is 403 g/mol. The number of halogens is 2. The summed E-state index contributed by atoms with van der Waals surface area (Å²) in [4.78, 5) is 15.2. The van der Waals surface area contributed by atoms with E-state index in [4.69, 9.17) is 16.3 Å². The number of rotatable bonds is 5. The normalized spacial score (nSPS) is 23.4. The number of carbonyl (C=O) groups is 1. The van der Waals surface area contributed by atoms with Crippen LogP contribution in [0.2, 0.25) is 5.02 Å². The van der Waals surface area contributed by atoms with Gasteiger partial charge in [-0.05, 0) is 80.5 Å². The number of nitrogens with zero attached hydrogens (tertiary/aromatic N) is 1. The fourth-order valence-electron chi connectivity index (χ4n) is 5.00. The maximum Gasteiger partial charge on any atom is 0.251 e. The number of ether oxygens (including phenoxy) is 1. The van der Waals surface area contributed by atoms with E-state index in [1.807, 2.05) is 0 Å². The van der Waals surface area contributed by atoms with Crippen LogP contribution in [0.4, 0.5) is 4.39 Å². The molecule has 30 heavy (non-hydrogen) atoms. The Morgan fingerprint density at radius 3 is 2.50 bits per heavy atom. The van der Waals surface area contributed by atoms with Crippen molar-refractivity contribution >= 4 is 17.5 Å². The van der Waals surface area contributed by atoms with Gasteiger partial charge in [-0.15, -0.1) is 0 Å². The first-order chi connectivity index (χ1) is 14.4. The van der Waals surface area contributed by atoms with E-state index < -0.39 is 5.82 Å². The molecule has 0 aromatic heterocycles. The van der Waals surface area contributed by atoms with Crippen molar-refractivity contribution in [3.63, 3.8) is 0 Å². The molecule has 2 aliphatic heterocycles. The summed E-state index contributed by atoms with van der Waals surface area (Å²) in [6.07, 6.45) is 4.19. The minimum Gasteiger partial charge on any atom is -0.496 e. The molecule has 1 N–H and O–H groups in total. The van der Waals surface area contributed by atoms with Crippen LogP contribution in [0.1, 0.15) is 52.7 Å². The van der Waals surface area contributed by atoms with E-state index >= 15 is 0 Å². The van der Waals surface area contributed by atoms with E-state index in [9.17, 15) is 9.18 Å². The van der Waals surface area contributed by atoms with E-state index in [-0.39, 0.29) is 17.0 Å². The van der Waals surface area contributed by atoms with Crippen LogP contribution in [0.25, 0.3) is 0 Å². The van der Waals surface area contributed by atoms with Crippen molar-refractivity contribution in [2.75, 3.05) is 7.11 Å². The zero-order valence-electron chi connectivity index (χ0n) is 17.7. The Morgan fingerprint density at radius 2 is 1.87 bits per heavy atom. The quantitative estimate of drug-likeness (QED) is 0.723. The molecule has 0 saturated carbocycles. The number of methoxy groups -OCH3 is 1. The molecule has 4 rings (SSSR count). The van der Waals surface area contributed by atoms with Crippen molar-refractivity contribution in [2.24, 2.45) is 0 Å². The largest absolute Gasteiger partial charge is 0.496 e. The molecule has 2 atom stereocenters. The maximum atomic E-state index is 13.4. The summed E-state index contributed by atoms with van der Waals surface area (Å²) >= 11 is 5.83. The van der Waals surface area contributed by atoms with Gasteiger partial charge in [0.25, 0.3) is 5.91 Å². The van der Waals surface area contributed by atoms with Gasteiger partial charge in [0.05, 0.1) is 12.1 Å². The highest BCUT2D eigenvalue weighted by atomic mass is 35.5. The molecule has 4 nitrogen and oxygen atoms in total. The van der Waals surface area contributed by atoms with Crippen molar-refractivity contribution in [3.05, 3.63) is 63.4 Å². The first kappa shape index (κ1) is 21.1. The Labute approximate surface area is 182 Å². The third kappa shape index (κ3) is 4.06. The van der Waals surface area contributed by atoms with Crippen LogP contribution < -0.4 is 10.1 Å². The van der Waals surface area contributed by atoms with Gasteiger partial charge in [-0.3, -0.25) is 9.69 Å². The van der Waals surface area contributed by atoms with Gasteiger partial charge in [-0.1, -0.05) is 17.7 Å². The molecule has 2 fully saturated rings. The third-order valence-corrected chi connectivity index (χ3v) is 7.11. The second kappa shape index (κ2) is 8.56. The lowest BCUT2D eigenvalue weighted by atomic mass is 9.95. The number of carbonyl (C=O) groups excluding carboxylic acids is 1. The number of benzene rings is 2. The van der Waals surface area contributed by atoms with Gasteiger partial charge in [0.2, 0.25) is 0 Å². The van der Waals surface area contributed by atoms with E-state index in [2.05, 4.69) is 36.2 Å². The highest BCUT2D eigenvalue weighted by Gasteiger charge is 2.41. The van der Waals surface area contributed by atoms with Gasteiger partial charge in [0.15, 0.2) is 0 Å². The molecule has 0 aliphatic carbocycles. The lowest BCUT2D eigenvalue weighted by molar-refractivity contribution is 0.0827. The van der Waals surface area contributed by atoms with E-state index in [1.165, 1.54) is 34.9 Å². The number of hydrogen-bond donors (Lipinski definition) is 1. The van der Waals surface area contributed by atoms with Gasteiger partial charge >= 0.3 is 0 Å². The monoisotopic (exact) mass is 430 g/mol. The predicted octanol–water partition coefficient (Wildman–Crippen LogP) is 5.03. The Balaban J connectivity index is 1.42. The summed E-state index contributed by atoms with van der Waals surface area (Å²) in [5, 5.41) is 3.11. The average Bonchev–Trinajstić information content (AvgIpc) is 2.95. The van der Waals surface area contributed by atoms with Gasteiger partial charge in [0, 0.05) is 30.2 Å². The van der Waals surface area contributed by atoms with Crippen molar-refractivity contribution in [3.8, 4) is 5.75 Å². The Hall–Kier alpha value is -2.11. The second-order valence-corrected chi connectivity index (χ2v) is 8.91. The topological polar surface area (TPSA) is 41.6 Å². The zero-order valence-corrected chi connectivity index (χ0v) is 18.4. The van der Waals surface area contributed by atoms with Crippen LogP contribution in [0.3, 0.4) is 0 Å². The van der Waals surface area contributed by atoms with Crippen LogP contribution in [-0.4, -0.2) is 36.0 Å². The van der Waals surface area contributed by atoms with Crippen molar-refractivity contribution in [2.45, 2.75) is 64.2 Å². The van der Waals surface area contributed by atoms with Crippen molar-refractivity contribution in [1.82, 2.24) is 10.2 Å². The Morgan fingerprint density at radius 1 is 1.17 bits per heavy atom. The molecule has 2 bridgehead atoms. The minimum absolute atomic E-state index is 0.0253. The van der Waals surface area contributed by atoms with E-state index in [0.29, 0.717) is 17.6 Å². The number of nitrogens with one attached hydrogen (secondary N) is 1. The summed E-state index contributed by atoms with van der Waals surface area (Å²) in [6, 6.07) is 9.41. The fraction of sp³-hybridized carbons (Fsp3) is 0.458. The zero-order chi connectivity index (χ0) is 21.4. The van der Waals surface area contributed by atoms with Crippen LogP contribution in [-0.2, 0) is 6.54 Å². The van der Waals surface area contributed by atoms with Crippen molar-refractivity contribution < 1.29 is 13.9 Å². The van der Waals surface area contributed by atoms with Crippen LogP contribution in [0, 0.1) is 19.7 Å². The molecule has 0 spiro atoms. The van der Waals surface area contributed by atoms with Crippen molar-refractivity contribution in [1.29, 1.82) is 0 Å². The minimum atomic E-state index is -0.511. The SMILES string of the molecule is COc1ccc(CN2C3CCC2CC(NC(=O)c2ccc(F)c(Cl)c2)C3)c(C)c1C. The van der Waals surface area contributed by atoms with Crippen LogP contribution in [0.15, 0.2) is 30.3 Å². The number of amides is 1. The third-order valence-electron chi connectivity index (χ3n) is 6.82. The Bertz CT molecular complexity index is 950. The molecular formula is C24H28ClFN2O2. The van der Waals surface area contributed by atoms with Crippen LogP contribution >= 0.6 is 11.6 Å². The Kier molecular flexibility index (Phi) is 6.03. The fourth-order valence-corrected chi connectivity index (χ4v) is 5.18. The first-order valence-corrected chi connectivity index (χ1v) is 10.9. The molecule has 160 valence electrons. The summed E-state index contributed by atoms with van der Waals surface area (Å²) < 4.78 is 18.8. The van der Waals surface area contributed by atoms with Gasteiger partial charge in [-0.25, -0.2) is 4.39 Å². The summed E-state index contributed by atoms with van der Waals surface area (Å²) in [7, 11) is 1.71. The highest BCUT2D eigenvalue weighted by Crippen LogP contribution is 2.38. The molecule has 2 saturated heterocycles. The summed E-state index contributed by atoms with van der Waals surface area (Å²) in [6.45, 7) is 5.20. The summed E-state index contributed by atoms with van der Waals surface area (Å²) in [5.74, 6) is 0.238. The maximum absolute atomic E-state index is 13.4. The van der Waals surface area contributed by atoms with Gasteiger partial charge in [-0.2, -0.15) is 0 Å². The molecule has 6 heteroatoms. The molecule has 2 aromatic carbocycles. The molecule has 0 radical (unpaired) electrons. The van der Waals surface area contributed by atoms with E-state index in [1.54, 1.807) is 7.11 Å².